The molecule has 212 valence electrons. The van der Waals surface area contributed by atoms with Crippen LogP contribution in [0.2, 0.25) is 0 Å². The van der Waals surface area contributed by atoms with E-state index in [2.05, 4.69) is 21.5 Å². The molecule has 1 aromatic carbocycles. The summed E-state index contributed by atoms with van der Waals surface area (Å²) in [6.45, 7) is 4.29. The highest BCUT2D eigenvalue weighted by Gasteiger charge is 2.32. The van der Waals surface area contributed by atoms with E-state index in [1.165, 1.54) is 0 Å². The molecule has 7 rings (SSSR count). The number of pyridine rings is 1. The number of fused-ring (bicyclic) bond motifs is 1. The van der Waals surface area contributed by atoms with E-state index in [9.17, 15) is 9.59 Å². The maximum absolute atomic E-state index is 15.2. The van der Waals surface area contributed by atoms with Gasteiger partial charge in [0.2, 0.25) is 0 Å². The summed E-state index contributed by atoms with van der Waals surface area (Å²) in [6, 6.07) is 8.90. The van der Waals surface area contributed by atoms with Crippen LogP contribution in [-0.2, 0) is 17.9 Å². The zero-order valence-corrected chi connectivity index (χ0v) is 23.6. The van der Waals surface area contributed by atoms with Crippen LogP contribution in [0, 0.1) is 11.7 Å². The van der Waals surface area contributed by atoms with Gasteiger partial charge in [0.25, 0.3) is 0 Å². The van der Waals surface area contributed by atoms with Crippen molar-refractivity contribution in [3.05, 3.63) is 71.6 Å². The number of hydrogen-bond donors (Lipinski definition) is 0. The Bertz CT molecular complexity index is 1710. The summed E-state index contributed by atoms with van der Waals surface area (Å²) in [7, 11) is 4.02. The number of hydrogen-bond acceptors (Lipinski definition) is 4. The van der Waals surface area contributed by atoms with Crippen LogP contribution >= 0.6 is 0 Å². The highest BCUT2D eigenvalue weighted by atomic mass is 19.1. The Morgan fingerprint density at radius 1 is 1.12 bits per heavy atom. The minimum atomic E-state index is -0.358. The van der Waals surface area contributed by atoms with Crippen LogP contribution in [-0.4, -0.2) is 80.7 Å². The molecule has 0 bridgehead atoms. The molecule has 41 heavy (non-hydrogen) atoms. The van der Waals surface area contributed by atoms with Crippen molar-refractivity contribution in [3.8, 4) is 0 Å². The van der Waals surface area contributed by atoms with Gasteiger partial charge in [-0.15, -0.1) is 0 Å². The van der Waals surface area contributed by atoms with Crippen molar-refractivity contribution in [1.29, 1.82) is 0 Å². The third-order valence-corrected chi connectivity index (χ3v) is 9.13. The van der Waals surface area contributed by atoms with E-state index in [-0.39, 0.29) is 17.6 Å². The summed E-state index contributed by atoms with van der Waals surface area (Å²) in [5, 5.41) is 0.727. The van der Waals surface area contributed by atoms with Crippen LogP contribution in [0.15, 0.2) is 48.9 Å². The molecule has 3 aliphatic rings. The third kappa shape index (κ3) is 4.52. The Morgan fingerprint density at radius 3 is 2.78 bits per heavy atom. The number of benzene rings is 1. The van der Waals surface area contributed by atoms with E-state index in [1.807, 2.05) is 58.0 Å². The minimum Gasteiger partial charge on any atom is -0.345 e. The summed E-state index contributed by atoms with van der Waals surface area (Å²) < 4.78 is 19.3. The molecule has 0 unspecified atom stereocenters. The molecule has 0 saturated carbocycles. The fraction of sp³-hybridized carbons (Fsp3) is 0.406. The average molecular weight is 555 g/mol. The van der Waals surface area contributed by atoms with Gasteiger partial charge in [0.15, 0.2) is 5.78 Å². The smallest absolute Gasteiger partial charge is 0.320 e. The molecule has 0 radical (unpaired) electrons. The monoisotopic (exact) mass is 554 g/mol. The van der Waals surface area contributed by atoms with Crippen molar-refractivity contribution in [3.63, 3.8) is 0 Å². The van der Waals surface area contributed by atoms with Crippen LogP contribution in [0.5, 0.6) is 0 Å². The maximum atomic E-state index is 15.2. The first-order valence-electron chi connectivity index (χ1n) is 14.6. The molecule has 1 aliphatic carbocycles. The predicted molar refractivity (Wildman–Crippen MR) is 157 cm³/mol. The summed E-state index contributed by atoms with van der Waals surface area (Å²) in [5.74, 6) is 0.215. The Balaban J connectivity index is 1.23. The van der Waals surface area contributed by atoms with Gasteiger partial charge in [-0.3, -0.25) is 9.20 Å². The van der Waals surface area contributed by atoms with E-state index in [0.29, 0.717) is 44.0 Å². The topological polar surface area (TPSA) is 66.1 Å². The van der Waals surface area contributed by atoms with Gasteiger partial charge in [-0.1, -0.05) is 6.07 Å². The lowest BCUT2D eigenvalue weighted by Gasteiger charge is -2.33. The number of amides is 2. The Labute approximate surface area is 238 Å². The van der Waals surface area contributed by atoms with Crippen molar-refractivity contribution in [1.82, 2.24) is 28.7 Å². The van der Waals surface area contributed by atoms with Gasteiger partial charge >= 0.3 is 6.03 Å². The first-order valence-corrected chi connectivity index (χ1v) is 14.6. The molecule has 1 saturated heterocycles. The van der Waals surface area contributed by atoms with Crippen LogP contribution in [0.25, 0.3) is 27.7 Å². The van der Waals surface area contributed by atoms with Gasteiger partial charge < -0.3 is 19.3 Å². The molecular weight excluding hydrogens is 519 g/mol. The Morgan fingerprint density at radius 2 is 1.95 bits per heavy atom. The number of nitrogens with zero attached hydrogens (tertiary/aromatic N) is 6. The highest BCUT2D eigenvalue weighted by Crippen LogP contribution is 2.42. The molecule has 2 amide bonds. The lowest BCUT2D eigenvalue weighted by molar-refractivity contribution is -0.113. The van der Waals surface area contributed by atoms with Crippen LogP contribution in [0.1, 0.15) is 42.5 Å². The molecule has 0 spiro atoms. The number of carbonyl (C=O) groups excluding carboxylic acids is 2. The van der Waals surface area contributed by atoms with Gasteiger partial charge in [-0.05, 0) is 80.7 Å². The number of carbonyl (C=O) groups is 2. The number of aromatic nitrogens is 3. The minimum absolute atomic E-state index is 0.0177. The summed E-state index contributed by atoms with van der Waals surface area (Å²) >= 11 is 0. The van der Waals surface area contributed by atoms with Crippen molar-refractivity contribution in [2.24, 2.45) is 5.92 Å². The number of halogens is 1. The van der Waals surface area contributed by atoms with Crippen LogP contribution in [0.3, 0.4) is 0 Å². The van der Waals surface area contributed by atoms with Crippen LogP contribution in [0.4, 0.5) is 9.18 Å². The fourth-order valence-electron chi connectivity index (χ4n) is 7.00. The number of imidazole rings is 1. The van der Waals surface area contributed by atoms with E-state index in [4.69, 9.17) is 0 Å². The predicted octanol–water partition coefficient (Wildman–Crippen LogP) is 4.91. The molecule has 0 atom stereocenters. The molecule has 5 heterocycles. The lowest BCUT2D eigenvalue weighted by atomic mass is 9.97. The van der Waals surface area contributed by atoms with E-state index in [0.717, 1.165) is 71.4 Å². The highest BCUT2D eigenvalue weighted by molar-refractivity contribution is 6.33. The number of urea groups is 1. The second-order valence-electron chi connectivity index (χ2n) is 11.9. The molecule has 0 N–H and O–H groups in total. The lowest BCUT2D eigenvalue weighted by Crippen LogP contribution is -2.44. The van der Waals surface area contributed by atoms with Gasteiger partial charge in [0.1, 0.15) is 11.5 Å². The number of piperidine rings is 1. The van der Waals surface area contributed by atoms with Crippen molar-refractivity contribution < 1.29 is 14.0 Å². The number of allylic oxidation sites excluding steroid dienone is 2. The second kappa shape index (κ2) is 10.1. The maximum Gasteiger partial charge on any atom is 0.320 e. The average Bonchev–Trinajstić information content (AvgIpc) is 3.62. The number of ketones is 1. The molecule has 9 heteroatoms. The van der Waals surface area contributed by atoms with Crippen LogP contribution < -0.4 is 0 Å². The van der Waals surface area contributed by atoms with E-state index >= 15 is 4.39 Å². The first-order chi connectivity index (χ1) is 19.9. The SMILES string of the molecule is CN1CCC(CN(C)C(=O)N2CCn3cc(C4=C(c5cnc6ccccn56)CCC4=O)c4cc(F)cc(c43)C2)CC1. The normalized spacial score (nSPS) is 18.6. The molecular formula is C32H35FN6O2. The second-order valence-corrected chi connectivity index (χ2v) is 11.9. The van der Waals surface area contributed by atoms with E-state index < -0.39 is 0 Å². The van der Waals surface area contributed by atoms with Gasteiger partial charge in [0, 0.05) is 68.6 Å². The number of likely N-dealkylation sites (tertiary alicyclic amines) is 1. The summed E-state index contributed by atoms with van der Waals surface area (Å²) in [5.41, 5.74) is 5.76. The standard InChI is InChI=1S/C32H35FN6O2/c1-35-11-8-21(9-12-35)18-36(2)32(41)38-14-13-37-20-26(25-16-23(33)15-22(19-38)31(25)37)30-24(6-7-28(30)40)27-17-34-29-5-3-4-10-39(27)29/h3-5,10,15-17,20-21H,6-9,11-14,18-19H2,1-2H3. The molecule has 2 aliphatic heterocycles. The zero-order valence-electron chi connectivity index (χ0n) is 23.6. The molecule has 4 aromatic rings. The van der Waals surface area contributed by atoms with E-state index in [1.54, 1.807) is 12.1 Å². The Hall–Kier alpha value is -3.98. The Kier molecular flexibility index (Phi) is 6.42. The summed E-state index contributed by atoms with van der Waals surface area (Å²) in [6.07, 6.45) is 9.01. The fourth-order valence-corrected chi connectivity index (χ4v) is 7.00. The van der Waals surface area contributed by atoms with Crippen molar-refractivity contribution >= 4 is 39.5 Å². The third-order valence-electron chi connectivity index (χ3n) is 9.13. The largest absolute Gasteiger partial charge is 0.345 e. The van der Waals surface area contributed by atoms with Crippen molar-refractivity contribution in [2.45, 2.75) is 38.8 Å². The van der Waals surface area contributed by atoms with Gasteiger partial charge in [-0.2, -0.15) is 0 Å². The zero-order chi connectivity index (χ0) is 28.2. The van der Waals surface area contributed by atoms with Crippen molar-refractivity contribution in [2.75, 3.05) is 40.3 Å². The molecule has 8 nitrogen and oxygen atoms in total. The first kappa shape index (κ1) is 26.0. The molecule has 3 aromatic heterocycles. The number of Topliss-reactive ketones (excluding diaryl/α,β-unsaturated/α-hetero) is 1. The van der Waals surface area contributed by atoms with Gasteiger partial charge in [-0.25, -0.2) is 14.2 Å². The number of rotatable bonds is 4. The summed E-state index contributed by atoms with van der Waals surface area (Å²) in [4.78, 5) is 37.4. The molecule has 1 fully saturated rings. The van der Waals surface area contributed by atoms with Gasteiger partial charge in [0.05, 0.1) is 17.4 Å². The quantitative estimate of drug-likeness (QED) is 0.360.